The zero-order chi connectivity index (χ0) is 12.3. The molecular formula is C14H12BrFO. The molecule has 0 spiro atoms. The van der Waals surface area contributed by atoms with Crippen LogP contribution in [0.2, 0.25) is 0 Å². The number of ether oxygens (including phenoxy) is 1. The molecule has 0 N–H and O–H groups in total. The molecule has 0 saturated heterocycles. The van der Waals surface area contributed by atoms with Gasteiger partial charge >= 0.3 is 0 Å². The molecule has 1 nitrogen and oxygen atoms in total. The van der Waals surface area contributed by atoms with E-state index in [4.69, 9.17) is 4.74 Å². The standard InChI is InChI=1S/C14H12BrFO/c1-10-5-6-12(15)8-14(10)17-9-11-3-2-4-13(16)7-11/h2-8H,9H2,1H3. The summed E-state index contributed by atoms with van der Waals surface area (Å²) in [5.41, 5.74) is 1.88. The van der Waals surface area contributed by atoms with Gasteiger partial charge in [-0.1, -0.05) is 34.1 Å². The minimum absolute atomic E-state index is 0.239. The molecule has 0 aliphatic rings. The molecule has 2 rings (SSSR count). The number of benzene rings is 2. The van der Waals surface area contributed by atoms with Crippen molar-refractivity contribution in [2.24, 2.45) is 0 Å². The average molecular weight is 295 g/mol. The molecule has 0 fully saturated rings. The van der Waals surface area contributed by atoms with Crippen LogP contribution < -0.4 is 4.74 Å². The monoisotopic (exact) mass is 294 g/mol. The lowest BCUT2D eigenvalue weighted by molar-refractivity contribution is 0.303. The van der Waals surface area contributed by atoms with E-state index in [9.17, 15) is 4.39 Å². The average Bonchev–Trinajstić information content (AvgIpc) is 2.30. The van der Waals surface area contributed by atoms with Gasteiger partial charge in [-0.3, -0.25) is 0 Å². The van der Waals surface area contributed by atoms with Crippen molar-refractivity contribution in [2.45, 2.75) is 13.5 Å². The first-order valence-electron chi connectivity index (χ1n) is 5.28. The molecule has 0 aliphatic heterocycles. The SMILES string of the molecule is Cc1ccc(Br)cc1OCc1cccc(F)c1. The quantitative estimate of drug-likeness (QED) is 0.811. The van der Waals surface area contributed by atoms with Crippen LogP contribution in [-0.2, 0) is 6.61 Å². The molecule has 0 saturated carbocycles. The van der Waals surface area contributed by atoms with Gasteiger partial charge in [-0.15, -0.1) is 0 Å². The summed E-state index contributed by atoms with van der Waals surface area (Å²) in [4.78, 5) is 0. The first kappa shape index (κ1) is 12.1. The molecule has 2 aromatic carbocycles. The molecule has 0 heterocycles. The third-order valence-corrected chi connectivity index (χ3v) is 2.93. The fraction of sp³-hybridized carbons (Fsp3) is 0.143. The van der Waals surface area contributed by atoms with Crippen LogP contribution in [0.3, 0.4) is 0 Å². The maximum Gasteiger partial charge on any atom is 0.123 e. The molecule has 0 atom stereocenters. The summed E-state index contributed by atoms with van der Waals surface area (Å²) in [5.74, 6) is 0.570. The van der Waals surface area contributed by atoms with Gasteiger partial charge in [0.1, 0.15) is 18.2 Å². The van der Waals surface area contributed by atoms with Gasteiger partial charge in [0, 0.05) is 4.47 Å². The van der Waals surface area contributed by atoms with Crippen molar-refractivity contribution in [2.75, 3.05) is 0 Å². The number of aryl methyl sites for hydroxylation is 1. The maximum atomic E-state index is 13.0. The van der Waals surface area contributed by atoms with Gasteiger partial charge in [-0.05, 0) is 42.3 Å². The van der Waals surface area contributed by atoms with Gasteiger partial charge in [0.05, 0.1) is 0 Å². The lowest BCUT2D eigenvalue weighted by Gasteiger charge is -2.09. The fourth-order valence-electron chi connectivity index (χ4n) is 1.52. The lowest BCUT2D eigenvalue weighted by atomic mass is 10.2. The molecule has 0 bridgehead atoms. The first-order chi connectivity index (χ1) is 8.15. The van der Waals surface area contributed by atoms with Crippen molar-refractivity contribution in [3.63, 3.8) is 0 Å². The maximum absolute atomic E-state index is 13.0. The highest BCUT2D eigenvalue weighted by Gasteiger charge is 2.01. The zero-order valence-corrected chi connectivity index (χ0v) is 11.0. The topological polar surface area (TPSA) is 9.23 Å². The minimum Gasteiger partial charge on any atom is -0.489 e. The highest BCUT2D eigenvalue weighted by atomic mass is 79.9. The Hall–Kier alpha value is -1.35. The van der Waals surface area contributed by atoms with E-state index in [1.165, 1.54) is 12.1 Å². The van der Waals surface area contributed by atoms with Crippen LogP contribution in [0, 0.1) is 12.7 Å². The second-order valence-corrected chi connectivity index (χ2v) is 4.74. The van der Waals surface area contributed by atoms with Crippen molar-refractivity contribution in [1.29, 1.82) is 0 Å². The van der Waals surface area contributed by atoms with Gasteiger partial charge in [-0.2, -0.15) is 0 Å². The smallest absolute Gasteiger partial charge is 0.123 e. The zero-order valence-electron chi connectivity index (χ0n) is 9.41. The predicted molar refractivity (Wildman–Crippen MR) is 69.6 cm³/mol. The van der Waals surface area contributed by atoms with E-state index < -0.39 is 0 Å². The van der Waals surface area contributed by atoms with Crippen LogP contribution in [0.25, 0.3) is 0 Å². The van der Waals surface area contributed by atoms with E-state index in [2.05, 4.69) is 15.9 Å². The van der Waals surface area contributed by atoms with E-state index in [-0.39, 0.29) is 5.82 Å². The Bertz CT molecular complexity index is 525. The Labute approximate surface area is 108 Å². The second kappa shape index (κ2) is 5.32. The molecule has 17 heavy (non-hydrogen) atoms. The van der Waals surface area contributed by atoms with Crippen molar-refractivity contribution < 1.29 is 9.13 Å². The van der Waals surface area contributed by atoms with Crippen LogP contribution in [0.5, 0.6) is 5.75 Å². The number of hydrogen-bond acceptors (Lipinski definition) is 1. The summed E-state index contributed by atoms with van der Waals surface area (Å²) in [6.07, 6.45) is 0. The third-order valence-electron chi connectivity index (χ3n) is 2.43. The van der Waals surface area contributed by atoms with E-state index in [1.54, 1.807) is 6.07 Å². The molecule has 0 radical (unpaired) electrons. The van der Waals surface area contributed by atoms with E-state index in [1.807, 2.05) is 31.2 Å². The molecule has 0 unspecified atom stereocenters. The summed E-state index contributed by atoms with van der Waals surface area (Å²) >= 11 is 3.39. The van der Waals surface area contributed by atoms with Crippen molar-refractivity contribution >= 4 is 15.9 Å². The molecule has 2 aromatic rings. The summed E-state index contributed by atoms with van der Waals surface area (Å²) < 4.78 is 19.6. The molecule has 0 amide bonds. The van der Waals surface area contributed by atoms with Crippen molar-refractivity contribution in [3.05, 3.63) is 63.9 Å². The number of hydrogen-bond donors (Lipinski definition) is 0. The van der Waals surface area contributed by atoms with Crippen molar-refractivity contribution in [3.8, 4) is 5.75 Å². The summed E-state index contributed by atoms with van der Waals surface area (Å²) in [7, 11) is 0. The molecule has 3 heteroatoms. The predicted octanol–water partition coefficient (Wildman–Crippen LogP) is 4.48. The fourth-order valence-corrected chi connectivity index (χ4v) is 1.86. The van der Waals surface area contributed by atoms with Crippen LogP contribution in [0.1, 0.15) is 11.1 Å². The van der Waals surface area contributed by atoms with Gasteiger partial charge in [-0.25, -0.2) is 4.39 Å². The van der Waals surface area contributed by atoms with Gasteiger partial charge in [0.2, 0.25) is 0 Å². The van der Waals surface area contributed by atoms with Crippen LogP contribution >= 0.6 is 15.9 Å². The Balaban J connectivity index is 2.09. The van der Waals surface area contributed by atoms with Gasteiger partial charge < -0.3 is 4.74 Å². The Morgan fingerprint density at radius 3 is 2.76 bits per heavy atom. The van der Waals surface area contributed by atoms with E-state index >= 15 is 0 Å². The largest absolute Gasteiger partial charge is 0.489 e. The Kier molecular flexibility index (Phi) is 3.79. The van der Waals surface area contributed by atoms with Gasteiger partial charge in [0.15, 0.2) is 0 Å². The van der Waals surface area contributed by atoms with E-state index in [0.29, 0.717) is 6.61 Å². The first-order valence-corrected chi connectivity index (χ1v) is 6.08. The summed E-state index contributed by atoms with van der Waals surface area (Å²) in [6, 6.07) is 12.3. The van der Waals surface area contributed by atoms with Crippen LogP contribution in [0.15, 0.2) is 46.9 Å². The number of halogens is 2. The van der Waals surface area contributed by atoms with Crippen molar-refractivity contribution in [1.82, 2.24) is 0 Å². The Morgan fingerprint density at radius 2 is 2.00 bits per heavy atom. The molecule has 0 aromatic heterocycles. The molecular weight excluding hydrogens is 283 g/mol. The van der Waals surface area contributed by atoms with E-state index in [0.717, 1.165) is 21.3 Å². The summed E-state index contributed by atoms with van der Waals surface area (Å²) in [6.45, 7) is 2.35. The Morgan fingerprint density at radius 1 is 1.18 bits per heavy atom. The van der Waals surface area contributed by atoms with Crippen LogP contribution in [-0.4, -0.2) is 0 Å². The lowest BCUT2D eigenvalue weighted by Crippen LogP contribution is -1.97. The third kappa shape index (κ3) is 3.30. The number of rotatable bonds is 3. The van der Waals surface area contributed by atoms with Crippen LogP contribution in [0.4, 0.5) is 4.39 Å². The molecule has 0 aliphatic carbocycles. The molecule has 88 valence electrons. The van der Waals surface area contributed by atoms with Gasteiger partial charge in [0.25, 0.3) is 0 Å². The highest BCUT2D eigenvalue weighted by molar-refractivity contribution is 9.10. The minimum atomic E-state index is -0.239. The highest BCUT2D eigenvalue weighted by Crippen LogP contribution is 2.23. The normalized spacial score (nSPS) is 10.3. The summed E-state index contributed by atoms with van der Waals surface area (Å²) in [5, 5.41) is 0. The second-order valence-electron chi connectivity index (χ2n) is 3.83.